The van der Waals surface area contributed by atoms with Crippen molar-refractivity contribution >= 4 is 23.3 Å². The quantitative estimate of drug-likeness (QED) is 0.281. The average molecular weight is 471 g/mol. The predicted molar refractivity (Wildman–Crippen MR) is 132 cm³/mol. The third-order valence-corrected chi connectivity index (χ3v) is 5.82. The van der Waals surface area contributed by atoms with Crippen LogP contribution in [0.15, 0.2) is 71.3 Å². The number of ketones is 1. The number of aromatic nitrogens is 1. The largest absolute Gasteiger partial charge is 0.459 e. The highest BCUT2D eigenvalue weighted by molar-refractivity contribution is 6.04. The zero-order chi connectivity index (χ0) is 25.1. The van der Waals surface area contributed by atoms with E-state index in [9.17, 15) is 14.4 Å². The van der Waals surface area contributed by atoms with Gasteiger partial charge in [0.1, 0.15) is 0 Å². The number of nitrogens with zero attached hydrogens (tertiary/aromatic N) is 1. The van der Waals surface area contributed by atoms with Crippen LogP contribution in [0.2, 0.25) is 0 Å². The van der Waals surface area contributed by atoms with Crippen LogP contribution in [0.5, 0.6) is 0 Å². The summed E-state index contributed by atoms with van der Waals surface area (Å²) in [5.74, 6) is -1.21. The molecule has 1 amide bonds. The number of benzene rings is 2. The molecule has 0 fully saturated rings. The Kier molecular flexibility index (Phi) is 6.68. The first kappa shape index (κ1) is 23.8. The van der Waals surface area contributed by atoms with Gasteiger partial charge in [-0.2, -0.15) is 0 Å². The number of furan rings is 1. The second-order valence-electron chi connectivity index (χ2n) is 8.42. The Bertz CT molecular complexity index is 1400. The van der Waals surface area contributed by atoms with Crippen molar-refractivity contribution < 1.29 is 23.5 Å². The Balaban J connectivity index is 1.45. The summed E-state index contributed by atoms with van der Waals surface area (Å²) >= 11 is 0. The molecule has 0 aliphatic heterocycles. The van der Waals surface area contributed by atoms with E-state index in [4.69, 9.17) is 9.15 Å². The normalized spacial score (nSPS) is 10.7. The Morgan fingerprint density at radius 3 is 2.37 bits per heavy atom. The van der Waals surface area contributed by atoms with Crippen LogP contribution in [0.25, 0.3) is 5.69 Å². The van der Waals surface area contributed by atoms with Crippen molar-refractivity contribution in [2.75, 3.05) is 11.9 Å². The lowest BCUT2D eigenvalue weighted by atomic mass is 10.1. The molecule has 0 atom stereocenters. The molecule has 35 heavy (non-hydrogen) atoms. The van der Waals surface area contributed by atoms with Gasteiger partial charge in [0.05, 0.1) is 11.8 Å². The van der Waals surface area contributed by atoms with E-state index in [-0.39, 0.29) is 23.7 Å². The van der Waals surface area contributed by atoms with Crippen molar-refractivity contribution in [2.45, 2.75) is 27.7 Å². The van der Waals surface area contributed by atoms with Gasteiger partial charge in [0.25, 0.3) is 5.91 Å². The maximum absolute atomic E-state index is 12.9. The van der Waals surface area contributed by atoms with Crippen molar-refractivity contribution in [1.82, 2.24) is 4.57 Å². The number of nitrogens with one attached hydrogen (secondary N) is 1. The molecule has 0 radical (unpaired) electrons. The van der Waals surface area contributed by atoms with Crippen molar-refractivity contribution in [1.29, 1.82) is 0 Å². The zero-order valence-corrected chi connectivity index (χ0v) is 20.0. The Labute approximate surface area is 203 Å². The fourth-order valence-corrected chi connectivity index (χ4v) is 3.90. The van der Waals surface area contributed by atoms with Crippen molar-refractivity contribution in [2.24, 2.45) is 0 Å². The van der Waals surface area contributed by atoms with Crippen molar-refractivity contribution in [3.05, 3.63) is 106 Å². The average Bonchev–Trinajstić information content (AvgIpc) is 3.48. The highest BCUT2D eigenvalue weighted by atomic mass is 16.5. The van der Waals surface area contributed by atoms with Crippen LogP contribution in [0.4, 0.5) is 5.69 Å². The summed E-state index contributed by atoms with van der Waals surface area (Å²) in [7, 11) is 0. The van der Waals surface area contributed by atoms with Gasteiger partial charge in [0.2, 0.25) is 5.78 Å². The highest BCUT2D eigenvalue weighted by Gasteiger charge is 2.19. The molecule has 0 bridgehead atoms. The molecule has 2 aromatic carbocycles. The first-order chi connectivity index (χ1) is 16.7. The molecular weight excluding hydrogens is 444 g/mol. The molecule has 0 aliphatic carbocycles. The van der Waals surface area contributed by atoms with E-state index in [2.05, 4.69) is 5.32 Å². The van der Waals surface area contributed by atoms with E-state index in [1.807, 2.05) is 49.6 Å². The molecule has 2 aromatic heterocycles. The lowest BCUT2D eigenvalue weighted by Crippen LogP contribution is -2.16. The summed E-state index contributed by atoms with van der Waals surface area (Å²) in [6.07, 6.45) is 1.41. The summed E-state index contributed by atoms with van der Waals surface area (Å²) in [5, 5.41) is 2.72. The van der Waals surface area contributed by atoms with E-state index in [1.54, 1.807) is 37.3 Å². The first-order valence-corrected chi connectivity index (χ1v) is 11.2. The number of Topliss-reactive ketones (excluding diaryl/α,β-unsaturated/α-hetero) is 1. The number of aryl methyl sites for hydroxylation is 3. The Hall–Kier alpha value is -4.39. The molecule has 0 unspecified atom stereocenters. The van der Waals surface area contributed by atoms with Gasteiger partial charge in [-0.25, -0.2) is 4.79 Å². The van der Waals surface area contributed by atoms with Gasteiger partial charge in [-0.15, -0.1) is 0 Å². The standard InChI is InChI=1S/C28H26N2O5/c1-17-7-11-22(12-8-17)30-19(3)14-23(20(30)4)25(31)16-35-28(33)21-10-9-18(2)24(15-21)29-27(32)26-6-5-13-34-26/h5-15H,16H2,1-4H3,(H,29,32). The molecule has 0 spiro atoms. The van der Waals surface area contributed by atoms with Crippen LogP contribution in [-0.4, -0.2) is 28.8 Å². The van der Waals surface area contributed by atoms with Crippen LogP contribution < -0.4 is 5.32 Å². The number of anilines is 1. The number of hydrogen-bond donors (Lipinski definition) is 1. The SMILES string of the molecule is Cc1ccc(-n2c(C)cc(C(=O)COC(=O)c3ccc(C)c(NC(=O)c4ccco4)c3)c2C)cc1. The van der Waals surface area contributed by atoms with Crippen LogP contribution in [0, 0.1) is 27.7 Å². The molecule has 4 rings (SSSR count). The van der Waals surface area contributed by atoms with Gasteiger partial charge in [-0.05, 0) is 75.7 Å². The Morgan fingerprint density at radius 1 is 0.943 bits per heavy atom. The molecule has 7 heteroatoms. The Morgan fingerprint density at radius 2 is 1.69 bits per heavy atom. The highest BCUT2D eigenvalue weighted by Crippen LogP contribution is 2.23. The predicted octanol–water partition coefficient (Wildman–Crippen LogP) is 5.60. The molecule has 0 saturated carbocycles. The van der Waals surface area contributed by atoms with Gasteiger partial charge in [0.15, 0.2) is 12.4 Å². The number of hydrogen-bond acceptors (Lipinski definition) is 5. The number of rotatable bonds is 7. The van der Waals surface area contributed by atoms with E-state index in [0.717, 1.165) is 28.2 Å². The number of esters is 1. The van der Waals surface area contributed by atoms with Crippen molar-refractivity contribution in [3.8, 4) is 5.69 Å². The minimum atomic E-state index is -0.654. The van der Waals surface area contributed by atoms with Gasteiger partial charge in [0, 0.05) is 28.3 Å². The summed E-state index contributed by atoms with van der Waals surface area (Å²) in [6, 6.07) is 17.8. The minimum Gasteiger partial charge on any atom is -0.459 e. The summed E-state index contributed by atoms with van der Waals surface area (Å²) in [4.78, 5) is 37.8. The molecular formula is C28H26N2O5. The number of ether oxygens (including phenoxy) is 1. The number of carbonyl (C=O) groups is 3. The van der Waals surface area contributed by atoms with Gasteiger partial charge < -0.3 is 19.0 Å². The van der Waals surface area contributed by atoms with E-state index in [1.165, 1.54) is 12.3 Å². The van der Waals surface area contributed by atoms with E-state index < -0.39 is 11.9 Å². The van der Waals surface area contributed by atoms with E-state index >= 15 is 0 Å². The first-order valence-electron chi connectivity index (χ1n) is 11.2. The van der Waals surface area contributed by atoms with Crippen molar-refractivity contribution in [3.63, 3.8) is 0 Å². The van der Waals surface area contributed by atoms with E-state index in [0.29, 0.717) is 11.3 Å². The van der Waals surface area contributed by atoms with Gasteiger partial charge >= 0.3 is 5.97 Å². The van der Waals surface area contributed by atoms with Gasteiger partial charge in [-0.3, -0.25) is 9.59 Å². The van der Waals surface area contributed by atoms with Crippen LogP contribution in [-0.2, 0) is 4.74 Å². The molecule has 2 heterocycles. The third-order valence-electron chi connectivity index (χ3n) is 5.82. The second-order valence-corrected chi connectivity index (χ2v) is 8.42. The molecule has 0 saturated heterocycles. The van der Waals surface area contributed by atoms with Crippen LogP contribution in [0.3, 0.4) is 0 Å². The lowest BCUT2D eigenvalue weighted by molar-refractivity contribution is 0.0474. The molecule has 1 N–H and O–H groups in total. The lowest BCUT2D eigenvalue weighted by Gasteiger charge is -2.11. The molecule has 178 valence electrons. The minimum absolute atomic E-state index is 0.159. The molecule has 7 nitrogen and oxygen atoms in total. The maximum atomic E-state index is 12.9. The summed E-state index contributed by atoms with van der Waals surface area (Å²) < 4.78 is 12.4. The molecule has 4 aromatic rings. The second kappa shape index (κ2) is 9.85. The fourth-order valence-electron chi connectivity index (χ4n) is 3.90. The monoisotopic (exact) mass is 470 g/mol. The summed E-state index contributed by atoms with van der Waals surface area (Å²) in [6.45, 7) is 7.24. The maximum Gasteiger partial charge on any atom is 0.338 e. The van der Waals surface area contributed by atoms with Crippen LogP contribution >= 0.6 is 0 Å². The number of carbonyl (C=O) groups excluding carboxylic acids is 3. The number of amides is 1. The van der Waals surface area contributed by atoms with Crippen LogP contribution in [0.1, 0.15) is 53.8 Å². The molecule has 0 aliphatic rings. The smallest absolute Gasteiger partial charge is 0.338 e. The summed E-state index contributed by atoms with van der Waals surface area (Å²) in [5.41, 5.74) is 5.76. The topological polar surface area (TPSA) is 90.5 Å². The van der Waals surface area contributed by atoms with Gasteiger partial charge in [-0.1, -0.05) is 23.8 Å². The fraction of sp³-hybridized carbons (Fsp3) is 0.179. The zero-order valence-electron chi connectivity index (χ0n) is 20.0. The third kappa shape index (κ3) is 5.09.